The Hall–Kier alpha value is -0.380. The Kier molecular flexibility index (Phi) is 2.91. The van der Waals surface area contributed by atoms with E-state index in [0.29, 0.717) is 12.6 Å². The van der Waals surface area contributed by atoms with Crippen molar-refractivity contribution in [3.8, 4) is 0 Å². The van der Waals surface area contributed by atoms with E-state index in [2.05, 4.69) is 34.2 Å². The summed E-state index contributed by atoms with van der Waals surface area (Å²) in [5.41, 5.74) is 2.30. The summed E-state index contributed by atoms with van der Waals surface area (Å²) < 4.78 is 1.08. The van der Waals surface area contributed by atoms with Crippen LogP contribution < -0.4 is 5.32 Å². The van der Waals surface area contributed by atoms with Crippen LogP contribution in [0.5, 0.6) is 0 Å². The van der Waals surface area contributed by atoms with Gasteiger partial charge in [-0.2, -0.15) is 0 Å². The minimum absolute atomic E-state index is 0.372. The molecule has 0 aliphatic carbocycles. The van der Waals surface area contributed by atoms with E-state index in [4.69, 9.17) is 0 Å². The first-order chi connectivity index (χ1) is 6.66. The van der Waals surface area contributed by atoms with E-state index in [1.807, 2.05) is 12.1 Å². The maximum Gasteiger partial charge on any atom is 0.0917 e. The van der Waals surface area contributed by atoms with Crippen LogP contribution in [-0.2, 0) is 6.42 Å². The molecule has 0 radical (unpaired) electrons. The van der Waals surface area contributed by atoms with Crippen molar-refractivity contribution in [1.82, 2.24) is 5.32 Å². The van der Waals surface area contributed by atoms with Crippen LogP contribution in [0.1, 0.15) is 24.2 Å². The van der Waals surface area contributed by atoms with Crippen molar-refractivity contribution in [3.63, 3.8) is 0 Å². The highest BCUT2D eigenvalue weighted by Gasteiger charge is 2.19. The Balaban J connectivity index is 2.41. The normalized spacial score (nSPS) is 26.8. The molecule has 1 aliphatic heterocycles. The SMILES string of the molecule is CC1Cc2cc(Br)ccc2C(O)CN1. The van der Waals surface area contributed by atoms with Crippen LogP contribution in [0.2, 0.25) is 0 Å². The number of halogens is 1. The zero-order valence-electron chi connectivity index (χ0n) is 8.13. The van der Waals surface area contributed by atoms with Crippen LogP contribution in [0.25, 0.3) is 0 Å². The fraction of sp³-hybridized carbons (Fsp3) is 0.455. The van der Waals surface area contributed by atoms with Crippen LogP contribution in [-0.4, -0.2) is 17.7 Å². The van der Waals surface area contributed by atoms with Crippen molar-refractivity contribution in [3.05, 3.63) is 33.8 Å². The molecule has 2 unspecified atom stereocenters. The molecule has 0 saturated heterocycles. The third kappa shape index (κ3) is 2.00. The lowest BCUT2D eigenvalue weighted by Crippen LogP contribution is -2.28. The van der Waals surface area contributed by atoms with Gasteiger partial charge in [-0.25, -0.2) is 0 Å². The number of nitrogens with one attached hydrogen (secondary N) is 1. The second-order valence-electron chi connectivity index (χ2n) is 3.87. The number of rotatable bonds is 0. The standard InChI is InChI=1S/C11H14BrNO/c1-7-4-8-5-9(12)2-3-10(8)11(14)6-13-7/h2-3,5,7,11,13-14H,4,6H2,1H3. The summed E-state index contributed by atoms with van der Waals surface area (Å²) >= 11 is 3.45. The van der Waals surface area contributed by atoms with E-state index in [-0.39, 0.29) is 6.10 Å². The van der Waals surface area contributed by atoms with Crippen LogP contribution >= 0.6 is 15.9 Å². The number of β-amino-alcohol motifs (C(OH)–C–C–N with tert-alkyl or cyclic N) is 1. The quantitative estimate of drug-likeness (QED) is 0.744. The third-order valence-electron chi connectivity index (χ3n) is 2.65. The van der Waals surface area contributed by atoms with Crippen molar-refractivity contribution in [2.45, 2.75) is 25.5 Å². The molecule has 3 heteroatoms. The molecular weight excluding hydrogens is 242 g/mol. The molecule has 1 heterocycles. The molecule has 0 saturated carbocycles. The summed E-state index contributed by atoms with van der Waals surface area (Å²) in [6.45, 7) is 2.79. The molecule has 0 spiro atoms. The zero-order chi connectivity index (χ0) is 10.1. The van der Waals surface area contributed by atoms with Gasteiger partial charge in [-0.3, -0.25) is 0 Å². The monoisotopic (exact) mass is 255 g/mol. The van der Waals surface area contributed by atoms with Gasteiger partial charge in [0.1, 0.15) is 0 Å². The van der Waals surface area contributed by atoms with E-state index >= 15 is 0 Å². The fourth-order valence-electron chi connectivity index (χ4n) is 1.90. The Labute approximate surface area is 92.5 Å². The molecule has 2 rings (SSSR count). The van der Waals surface area contributed by atoms with Gasteiger partial charge in [0.05, 0.1) is 6.10 Å². The summed E-state index contributed by atoms with van der Waals surface area (Å²) in [5.74, 6) is 0. The van der Waals surface area contributed by atoms with Gasteiger partial charge in [-0.1, -0.05) is 22.0 Å². The van der Waals surface area contributed by atoms with Gasteiger partial charge in [0.25, 0.3) is 0 Å². The topological polar surface area (TPSA) is 32.3 Å². The molecule has 1 aromatic carbocycles. The largest absolute Gasteiger partial charge is 0.387 e. The highest BCUT2D eigenvalue weighted by Crippen LogP contribution is 2.25. The van der Waals surface area contributed by atoms with Gasteiger partial charge in [0.2, 0.25) is 0 Å². The van der Waals surface area contributed by atoms with Crippen molar-refractivity contribution in [2.75, 3.05) is 6.54 Å². The molecule has 76 valence electrons. The number of aliphatic hydroxyl groups excluding tert-OH is 1. The Morgan fingerprint density at radius 1 is 1.50 bits per heavy atom. The van der Waals surface area contributed by atoms with E-state index in [1.54, 1.807) is 0 Å². The van der Waals surface area contributed by atoms with Crippen molar-refractivity contribution >= 4 is 15.9 Å². The number of hydrogen-bond acceptors (Lipinski definition) is 2. The van der Waals surface area contributed by atoms with Crippen molar-refractivity contribution in [1.29, 1.82) is 0 Å². The minimum atomic E-state index is -0.372. The predicted molar refractivity (Wildman–Crippen MR) is 60.3 cm³/mol. The van der Waals surface area contributed by atoms with Crippen LogP contribution in [0, 0.1) is 0 Å². The van der Waals surface area contributed by atoms with E-state index in [1.165, 1.54) is 5.56 Å². The zero-order valence-corrected chi connectivity index (χ0v) is 9.71. The summed E-state index contributed by atoms with van der Waals surface area (Å²) in [4.78, 5) is 0. The maximum atomic E-state index is 9.87. The lowest BCUT2D eigenvalue weighted by atomic mass is 10.00. The molecule has 14 heavy (non-hydrogen) atoms. The molecule has 2 atom stereocenters. The number of aliphatic hydroxyl groups is 1. The molecule has 0 fully saturated rings. The highest BCUT2D eigenvalue weighted by atomic mass is 79.9. The molecule has 0 amide bonds. The van der Waals surface area contributed by atoms with Gasteiger partial charge in [-0.15, -0.1) is 0 Å². The number of hydrogen-bond donors (Lipinski definition) is 2. The van der Waals surface area contributed by atoms with Gasteiger partial charge in [0.15, 0.2) is 0 Å². The molecule has 2 N–H and O–H groups in total. The minimum Gasteiger partial charge on any atom is -0.387 e. The molecule has 1 aromatic rings. The van der Waals surface area contributed by atoms with E-state index < -0.39 is 0 Å². The average molecular weight is 256 g/mol. The van der Waals surface area contributed by atoms with Gasteiger partial charge in [-0.05, 0) is 36.6 Å². The van der Waals surface area contributed by atoms with Crippen LogP contribution in [0.15, 0.2) is 22.7 Å². The second kappa shape index (κ2) is 4.01. The van der Waals surface area contributed by atoms with Gasteiger partial charge in [0, 0.05) is 17.1 Å². The van der Waals surface area contributed by atoms with E-state index in [0.717, 1.165) is 16.5 Å². The summed E-state index contributed by atoms with van der Waals surface area (Å²) in [7, 11) is 0. The molecular formula is C11H14BrNO. The number of fused-ring (bicyclic) bond motifs is 1. The van der Waals surface area contributed by atoms with Gasteiger partial charge < -0.3 is 10.4 Å². The van der Waals surface area contributed by atoms with Crippen LogP contribution in [0.4, 0.5) is 0 Å². The second-order valence-corrected chi connectivity index (χ2v) is 4.79. The molecule has 2 nitrogen and oxygen atoms in total. The Morgan fingerprint density at radius 3 is 3.07 bits per heavy atom. The fourth-order valence-corrected chi connectivity index (χ4v) is 2.31. The first-order valence-electron chi connectivity index (χ1n) is 4.86. The number of benzene rings is 1. The first-order valence-corrected chi connectivity index (χ1v) is 5.66. The lowest BCUT2D eigenvalue weighted by Gasteiger charge is -2.10. The van der Waals surface area contributed by atoms with Gasteiger partial charge >= 0.3 is 0 Å². The summed E-state index contributed by atoms with van der Waals surface area (Å²) in [6, 6.07) is 6.52. The highest BCUT2D eigenvalue weighted by molar-refractivity contribution is 9.10. The average Bonchev–Trinajstić information content (AvgIpc) is 2.26. The smallest absolute Gasteiger partial charge is 0.0917 e. The Morgan fingerprint density at radius 2 is 2.29 bits per heavy atom. The van der Waals surface area contributed by atoms with Crippen molar-refractivity contribution < 1.29 is 5.11 Å². The molecule has 0 aromatic heterocycles. The molecule has 0 bridgehead atoms. The first kappa shape index (κ1) is 10.1. The Bertz CT molecular complexity index is 340. The maximum absolute atomic E-state index is 9.87. The predicted octanol–water partition coefficient (Wildman–Crippen LogP) is 2.02. The third-order valence-corrected chi connectivity index (χ3v) is 3.14. The lowest BCUT2D eigenvalue weighted by molar-refractivity contribution is 0.175. The van der Waals surface area contributed by atoms with Crippen LogP contribution in [0.3, 0.4) is 0 Å². The molecule has 1 aliphatic rings. The van der Waals surface area contributed by atoms with E-state index in [9.17, 15) is 5.11 Å². The summed E-state index contributed by atoms with van der Waals surface area (Å²) in [5, 5.41) is 13.2. The van der Waals surface area contributed by atoms with Crippen molar-refractivity contribution in [2.24, 2.45) is 0 Å². The summed E-state index contributed by atoms with van der Waals surface area (Å²) in [6.07, 6.45) is 0.606.